The Labute approximate surface area is 231 Å². The summed E-state index contributed by atoms with van der Waals surface area (Å²) >= 11 is 0.566. The van der Waals surface area contributed by atoms with Crippen LogP contribution in [0.25, 0.3) is 11.3 Å². The number of nitrogens with one attached hydrogen (secondary N) is 1. The summed E-state index contributed by atoms with van der Waals surface area (Å²) in [6, 6.07) is 15.4. The predicted molar refractivity (Wildman–Crippen MR) is 141 cm³/mol. The van der Waals surface area contributed by atoms with Crippen LogP contribution in [0, 0.1) is 30.3 Å². The molecular weight excluding hydrogens is 571 g/mol. The highest BCUT2D eigenvalue weighted by molar-refractivity contribution is 7.99. The van der Waals surface area contributed by atoms with Gasteiger partial charge in [-0.1, -0.05) is 36.4 Å². The van der Waals surface area contributed by atoms with Gasteiger partial charge in [0.05, 0.1) is 37.6 Å². The van der Waals surface area contributed by atoms with Crippen LogP contribution in [-0.2, 0) is 6.18 Å². The maximum absolute atomic E-state index is 13.5. The Morgan fingerprint density at radius 3 is 2.17 bits per heavy atom. The molecule has 1 heterocycles. The summed E-state index contributed by atoms with van der Waals surface area (Å²) in [6.07, 6.45) is -3.69. The van der Waals surface area contributed by atoms with Crippen LogP contribution in [0.2, 0.25) is 0 Å². The molecule has 4 rings (SSSR count). The summed E-state index contributed by atoms with van der Waals surface area (Å²) in [5.74, 6) is 0. The van der Waals surface area contributed by atoms with Crippen LogP contribution < -0.4 is 5.43 Å². The number of hydrogen-bond acceptors (Lipinski definition) is 11. The van der Waals surface area contributed by atoms with Crippen molar-refractivity contribution in [2.24, 2.45) is 5.10 Å². The zero-order valence-corrected chi connectivity index (χ0v) is 21.0. The van der Waals surface area contributed by atoms with E-state index < -0.39 is 43.7 Å². The Hall–Kier alpha value is -5.45. The van der Waals surface area contributed by atoms with Crippen molar-refractivity contribution in [3.8, 4) is 11.3 Å². The van der Waals surface area contributed by atoms with Crippen molar-refractivity contribution in [2.45, 2.75) is 16.2 Å². The molecule has 1 aromatic heterocycles. The van der Waals surface area contributed by atoms with Gasteiger partial charge in [0, 0.05) is 23.3 Å². The van der Waals surface area contributed by atoms with Crippen molar-refractivity contribution in [1.82, 2.24) is 9.97 Å². The lowest BCUT2D eigenvalue weighted by atomic mass is 10.1. The van der Waals surface area contributed by atoms with Gasteiger partial charge in [-0.25, -0.2) is 9.97 Å². The van der Waals surface area contributed by atoms with E-state index in [0.29, 0.717) is 17.3 Å². The lowest BCUT2D eigenvalue weighted by Gasteiger charge is -2.11. The summed E-state index contributed by atoms with van der Waals surface area (Å²) in [5.41, 5.74) is -0.105. The van der Waals surface area contributed by atoms with E-state index in [9.17, 15) is 43.5 Å². The molecule has 0 aliphatic carbocycles. The Kier molecular flexibility index (Phi) is 8.18. The Morgan fingerprint density at radius 1 is 0.829 bits per heavy atom. The standard InChI is InChI=1S/C24H14F3N7O6S/c25-24(26,27)22-12-18(15-4-2-1-3-5-15)29-23(30-22)41-21-9-6-14(10-20(21)34(39)40)13-28-31-17-8-7-16(32(35)36)11-19(17)33(37)38/h1-13,31H/b28-13-. The fourth-order valence-corrected chi connectivity index (χ4v) is 4.23. The zero-order valence-electron chi connectivity index (χ0n) is 20.2. The number of anilines is 1. The molecule has 17 heteroatoms. The molecule has 4 aromatic rings. The summed E-state index contributed by atoms with van der Waals surface area (Å²) in [5, 5.41) is 37.3. The van der Waals surface area contributed by atoms with Crippen LogP contribution >= 0.6 is 11.8 Å². The third kappa shape index (κ3) is 6.95. The van der Waals surface area contributed by atoms with Crippen molar-refractivity contribution in [3.63, 3.8) is 0 Å². The molecule has 0 aliphatic rings. The monoisotopic (exact) mass is 585 g/mol. The van der Waals surface area contributed by atoms with Crippen LogP contribution in [0.1, 0.15) is 11.3 Å². The van der Waals surface area contributed by atoms with Gasteiger partial charge < -0.3 is 0 Å². The molecule has 208 valence electrons. The van der Waals surface area contributed by atoms with E-state index in [1.165, 1.54) is 12.1 Å². The van der Waals surface area contributed by atoms with E-state index in [2.05, 4.69) is 20.5 Å². The molecule has 0 aliphatic heterocycles. The number of nitro groups is 3. The van der Waals surface area contributed by atoms with Gasteiger partial charge in [-0.2, -0.15) is 18.3 Å². The molecule has 1 N–H and O–H groups in total. The maximum Gasteiger partial charge on any atom is 0.433 e. The van der Waals surface area contributed by atoms with Gasteiger partial charge in [0.2, 0.25) is 0 Å². The number of benzene rings is 3. The van der Waals surface area contributed by atoms with Crippen molar-refractivity contribution in [1.29, 1.82) is 0 Å². The summed E-state index contributed by atoms with van der Waals surface area (Å²) in [4.78, 5) is 39.1. The molecular formula is C24H14F3N7O6S. The number of hydrazone groups is 1. The second-order valence-corrected chi connectivity index (χ2v) is 8.97. The number of aromatic nitrogens is 2. The Balaban J connectivity index is 1.62. The Morgan fingerprint density at radius 2 is 1.54 bits per heavy atom. The molecule has 0 saturated heterocycles. The minimum Gasteiger partial charge on any atom is -0.272 e. The van der Waals surface area contributed by atoms with E-state index in [1.54, 1.807) is 30.3 Å². The van der Waals surface area contributed by atoms with Crippen LogP contribution in [0.15, 0.2) is 87.9 Å². The SMILES string of the molecule is O=[N+]([O-])c1ccc(N/N=C\c2ccc(Sc3nc(-c4ccccc4)cc(C(F)(F)F)n3)c([N+](=O)[O-])c2)c([N+](=O)[O-])c1. The zero-order chi connectivity index (χ0) is 29.7. The molecule has 0 unspecified atom stereocenters. The highest BCUT2D eigenvalue weighted by Crippen LogP contribution is 2.37. The molecule has 0 atom stereocenters. The fourth-order valence-electron chi connectivity index (χ4n) is 3.37. The van der Waals surface area contributed by atoms with Gasteiger partial charge in [0.15, 0.2) is 5.16 Å². The lowest BCUT2D eigenvalue weighted by Crippen LogP contribution is -2.10. The first-order valence-corrected chi connectivity index (χ1v) is 11.9. The van der Waals surface area contributed by atoms with Crippen molar-refractivity contribution in [3.05, 3.63) is 114 Å². The molecule has 13 nitrogen and oxygen atoms in total. The predicted octanol–water partition coefficient (Wildman–Crippen LogP) is 6.48. The number of alkyl halides is 3. The third-order valence-electron chi connectivity index (χ3n) is 5.23. The topological polar surface area (TPSA) is 180 Å². The minimum atomic E-state index is -4.79. The number of rotatable bonds is 9. The van der Waals surface area contributed by atoms with Crippen molar-refractivity contribution in [2.75, 3.05) is 5.43 Å². The van der Waals surface area contributed by atoms with Gasteiger partial charge in [-0.05, 0) is 30.0 Å². The van der Waals surface area contributed by atoms with Gasteiger partial charge in [0.1, 0.15) is 11.4 Å². The van der Waals surface area contributed by atoms with Crippen LogP contribution in [0.5, 0.6) is 0 Å². The van der Waals surface area contributed by atoms with E-state index in [4.69, 9.17) is 0 Å². The molecule has 0 fully saturated rings. The van der Waals surface area contributed by atoms with Crippen molar-refractivity contribution >= 4 is 40.7 Å². The largest absolute Gasteiger partial charge is 0.433 e. The van der Waals surface area contributed by atoms with Gasteiger partial charge in [-0.15, -0.1) is 0 Å². The number of halogens is 3. The smallest absolute Gasteiger partial charge is 0.272 e. The van der Waals surface area contributed by atoms with E-state index in [-0.39, 0.29) is 27.0 Å². The van der Waals surface area contributed by atoms with Crippen LogP contribution in [0.3, 0.4) is 0 Å². The van der Waals surface area contributed by atoms with Crippen molar-refractivity contribution < 1.29 is 27.9 Å². The lowest BCUT2D eigenvalue weighted by molar-refractivity contribution is -0.393. The molecule has 0 radical (unpaired) electrons. The first-order valence-electron chi connectivity index (χ1n) is 11.1. The Bertz CT molecular complexity index is 1690. The van der Waals surface area contributed by atoms with Crippen LogP contribution in [0.4, 0.5) is 35.9 Å². The summed E-state index contributed by atoms with van der Waals surface area (Å²) in [6.45, 7) is 0. The quantitative estimate of drug-likeness (QED) is 0.0988. The van der Waals surface area contributed by atoms with E-state index in [0.717, 1.165) is 36.5 Å². The second-order valence-electron chi connectivity index (χ2n) is 7.96. The summed E-state index contributed by atoms with van der Waals surface area (Å²) < 4.78 is 40.6. The van der Waals surface area contributed by atoms with E-state index >= 15 is 0 Å². The number of hydrogen-bond donors (Lipinski definition) is 1. The number of non-ortho nitro benzene ring substituents is 1. The first-order chi connectivity index (χ1) is 19.4. The first kappa shape index (κ1) is 28.6. The average molecular weight is 585 g/mol. The maximum atomic E-state index is 13.5. The molecule has 41 heavy (non-hydrogen) atoms. The molecule has 0 spiro atoms. The summed E-state index contributed by atoms with van der Waals surface area (Å²) in [7, 11) is 0. The van der Waals surface area contributed by atoms with E-state index in [1.807, 2.05) is 0 Å². The molecule has 3 aromatic carbocycles. The average Bonchev–Trinajstić information content (AvgIpc) is 2.93. The van der Waals surface area contributed by atoms with Gasteiger partial charge in [-0.3, -0.25) is 35.8 Å². The normalized spacial score (nSPS) is 11.4. The molecule has 0 amide bonds. The van der Waals surface area contributed by atoms with Gasteiger partial charge >= 0.3 is 11.9 Å². The highest BCUT2D eigenvalue weighted by Gasteiger charge is 2.34. The molecule has 0 saturated carbocycles. The number of nitrogens with zero attached hydrogens (tertiary/aromatic N) is 6. The van der Waals surface area contributed by atoms with Gasteiger partial charge in [0.25, 0.3) is 11.4 Å². The fraction of sp³-hybridized carbons (Fsp3) is 0.0417. The minimum absolute atomic E-state index is 0.0201. The number of nitro benzene ring substituents is 3. The highest BCUT2D eigenvalue weighted by atomic mass is 32.2. The molecule has 0 bridgehead atoms. The van der Waals surface area contributed by atoms with Crippen LogP contribution in [-0.4, -0.2) is 31.0 Å². The second kappa shape index (κ2) is 11.7. The third-order valence-corrected chi connectivity index (χ3v) is 6.16.